The highest BCUT2D eigenvalue weighted by Crippen LogP contribution is 2.22. The van der Waals surface area contributed by atoms with Gasteiger partial charge in [0.15, 0.2) is 6.10 Å². The molecule has 0 fully saturated rings. The molecule has 0 aliphatic carbocycles. The number of carbonyl (C=O) groups excluding carboxylic acids is 1. The van der Waals surface area contributed by atoms with E-state index in [9.17, 15) is 4.79 Å². The zero-order valence-electron chi connectivity index (χ0n) is 14.8. The standard InChI is InChI=1S/C19H22ClN3O2/c1-13-11-16(20)7-10-18(13)25-14(2)19(24)22-21-12-15-5-8-17(9-6-15)23(3)4/h5-12,14H,1-4H3,(H,22,24)/b21-12+. The van der Waals surface area contributed by atoms with Gasteiger partial charge in [-0.2, -0.15) is 5.10 Å². The van der Waals surface area contributed by atoms with E-state index >= 15 is 0 Å². The van der Waals surface area contributed by atoms with E-state index in [-0.39, 0.29) is 5.91 Å². The SMILES string of the molecule is Cc1cc(Cl)ccc1OC(C)C(=O)N/N=C/c1ccc(N(C)C)cc1. The summed E-state index contributed by atoms with van der Waals surface area (Å²) in [6, 6.07) is 13.1. The van der Waals surface area contributed by atoms with Gasteiger partial charge in [-0.05, 0) is 55.3 Å². The molecule has 1 amide bonds. The maximum absolute atomic E-state index is 12.1. The fourth-order valence-corrected chi connectivity index (χ4v) is 2.34. The number of aryl methyl sites for hydroxylation is 1. The number of nitrogens with zero attached hydrogens (tertiary/aromatic N) is 2. The Morgan fingerprint density at radius 3 is 2.52 bits per heavy atom. The largest absolute Gasteiger partial charge is 0.481 e. The second-order valence-corrected chi connectivity index (χ2v) is 6.33. The molecule has 25 heavy (non-hydrogen) atoms. The fourth-order valence-electron chi connectivity index (χ4n) is 2.11. The third kappa shape index (κ3) is 5.50. The summed E-state index contributed by atoms with van der Waals surface area (Å²) in [4.78, 5) is 14.1. The van der Waals surface area contributed by atoms with Crippen molar-refractivity contribution in [1.82, 2.24) is 5.43 Å². The lowest BCUT2D eigenvalue weighted by atomic mass is 10.2. The number of hydrogen-bond acceptors (Lipinski definition) is 4. The molecule has 0 bridgehead atoms. The van der Waals surface area contributed by atoms with E-state index in [1.807, 2.05) is 50.2 Å². The zero-order chi connectivity index (χ0) is 18.4. The molecule has 1 atom stereocenters. The number of benzene rings is 2. The molecule has 0 radical (unpaired) electrons. The minimum Gasteiger partial charge on any atom is -0.481 e. The van der Waals surface area contributed by atoms with Crippen molar-refractivity contribution < 1.29 is 9.53 Å². The average Bonchev–Trinajstić information content (AvgIpc) is 2.57. The number of hydrazone groups is 1. The van der Waals surface area contributed by atoms with Gasteiger partial charge in [0.2, 0.25) is 0 Å². The monoisotopic (exact) mass is 359 g/mol. The van der Waals surface area contributed by atoms with Crippen molar-refractivity contribution in [2.24, 2.45) is 5.10 Å². The molecular formula is C19H22ClN3O2. The first-order valence-electron chi connectivity index (χ1n) is 7.90. The second-order valence-electron chi connectivity index (χ2n) is 5.89. The zero-order valence-corrected chi connectivity index (χ0v) is 15.5. The second kappa shape index (κ2) is 8.53. The van der Waals surface area contributed by atoms with Crippen molar-refractivity contribution in [3.63, 3.8) is 0 Å². The summed E-state index contributed by atoms with van der Waals surface area (Å²) < 4.78 is 5.66. The Labute approximate surface area is 153 Å². The van der Waals surface area contributed by atoms with Crippen LogP contribution < -0.4 is 15.1 Å². The van der Waals surface area contributed by atoms with E-state index in [0.29, 0.717) is 10.8 Å². The molecule has 6 heteroatoms. The molecule has 2 aromatic rings. The molecule has 0 saturated heterocycles. The van der Waals surface area contributed by atoms with Gasteiger partial charge in [0.25, 0.3) is 5.91 Å². The van der Waals surface area contributed by atoms with Crippen molar-refractivity contribution in [2.75, 3.05) is 19.0 Å². The van der Waals surface area contributed by atoms with Gasteiger partial charge < -0.3 is 9.64 Å². The number of carbonyl (C=O) groups is 1. The van der Waals surface area contributed by atoms with Crippen LogP contribution in [0.2, 0.25) is 5.02 Å². The van der Waals surface area contributed by atoms with Gasteiger partial charge in [-0.1, -0.05) is 23.7 Å². The van der Waals surface area contributed by atoms with E-state index in [0.717, 1.165) is 16.8 Å². The number of ether oxygens (including phenoxy) is 1. The molecule has 1 N–H and O–H groups in total. The van der Waals surface area contributed by atoms with Gasteiger partial charge in [-0.25, -0.2) is 5.43 Å². The third-order valence-corrected chi connectivity index (χ3v) is 3.84. The lowest BCUT2D eigenvalue weighted by Gasteiger charge is -2.15. The molecule has 0 spiro atoms. The highest BCUT2D eigenvalue weighted by Gasteiger charge is 2.15. The minimum atomic E-state index is -0.673. The molecule has 0 saturated carbocycles. The van der Waals surface area contributed by atoms with Gasteiger partial charge in [-0.15, -0.1) is 0 Å². The Bertz CT molecular complexity index is 758. The van der Waals surface area contributed by atoms with Gasteiger partial charge in [-0.3, -0.25) is 4.79 Å². The summed E-state index contributed by atoms with van der Waals surface area (Å²) in [5.74, 6) is 0.297. The van der Waals surface area contributed by atoms with Crippen LogP contribution in [-0.2, 0) is 4.79 Å². The van der Waals surface area contributed by atoms with Crippen LogP contribution in [0.3, 0.4) is 0 Å². The molecule has 0 aromatic heterocycles. The number of hydrogen-bond donors (Lipinski definition) is 1. The summed E-state index contributed by atoms with van der Waals surface area (Å²) in [5, 5.41) is 4.61. The number of amides is 1. The third-order valence-electron chi connectivity index (χ3n) is 3.61. The predicted octanol–water partition coefficient (Wildman–Crippen LogP) is 3.63. The predicted molar refractivity (Wildman–Crippen MR) is 103 cm³/mol. The van der Waals surface area contributed by atoms with Crippen LogP contribution in [0.4, 0.5) is 5.69 Å². The molecular weight excluding hydrogens is 338 g/mol. The summed E-state index contributed by atoms with van der Waals surface area (Å²) in [5.41, 5.74) is 5.36. The maximum atomic E-state index is 12.1. The average molecular weight is 360 g/mol. The number of rotatable bonds is 6. The molecule has 0 heterocycles. The van der Waals surface area contributed by atoms with Crippen LogP contribution in [0.25, 0.3) is 0 Å². The van der Waals surface area contributed by atoms with E-state index in [1.54, 1.807) is 31.3 Å². The molecule has 5 nitrogen and oxygen atoms in total. The quantitative estimate of drug-likeness (QED) is 0.633. The number of nitrogens with one attached hydrogen (secondary N) is 1. The first-order chi connectivity index (χ1) is 11.9. The molecule has 1 unspecified atom stereocenters. The van der Waals surface area contributed by atoms with Crippen LogP contribution in [0, 0.1) is 6.92 Å². The first kappa shape index (κ1) is 18.8. The van der Waals surface area contributed by atoms with E-state index < -0.39 is 6.10 Å². The first-order valence-corrected chi connectivity index (χ1v) is 8.27. The van der Waals surface area contributed by atoms with Crippen LogP contribution in [0.15, 0.2) is 47.6 Å². The highest BCUT2D eigenvalue weighted by molar-refractivity contribution is 6.30. The molecule has 0 aliphatic rings. The smallest absolute Gasteiger partial charge is 0.280 e. The van der Waals surface area contributed by atoms with Crippen molar-refractivity contribution in [3.8, 4) is 5.75 Å². The van der Waals surface area contributed by atoms with Crippen LogP contribution >= 0.6 is 11.6 Å². The molecule has 0 aliphatic heterocycles. The summed E-state index contributed by atoms with van der Waals surface area (Å²) in [6.45, 7) is 3.55. The van der Waals surface area contributed by atoms with Gasteiger partial charge >= 0.3 is 0 Å². The molecule has 132 valence electrons. The van der Waals surface area contributed by atoms with Crippen LogP contribution in [-0.4, -0.2) is 32.3 Å². The Morgan fingerprint density at radius 1 is 1.24 bits per heavy atom. The molecule has 2 aromatic carbocycles. The summed E-state index contributed by atoms with van der Waals surface area (Å²) >= 11 is 5.91. The lowest BCUT2D eigenvalue weighted by molar-refractivity contribution is -0.127. The highest BCUT2D eigenvalue weighted by atomic mass is 35.5. The van der Waals surface area contributed by atoms with Crippen LogP contribution in [0.5, 0.6) is 5.75 Å². The van der Waals surface area contributed by atoms with Crippen molar-refractivity contribution >= 4 is 29.4 Å². The topological polar surface area (TPSA) is 53.9 Å². The summed E-state index contributed by atoms with van der Waals surface area (Å²) in [7, 11) is 3.96. The number of halogens is 1. The Hall–Kier alpha value is -2.53. The minimum absolute atomic E-state index is 0.324. The van der Waals surface area contributed by atoms with Crippen molar-refractivity contribution in [1.29, 1.82) is 0 Å². The van der Waals surface area contributed by atoms with Crippen LogP contribution in [0.1, 0.15) is 18.1 Å². The van der Waals surface area contributed by atoms with E-state index in [4.69, 9.17) is 16.3 Å². The van der Waals surface area contributed by atoms with Gasteiger partial charge in [0.1, 0.15) is 5.75 Å². The lowest BCUT2D eigenvalue weighted by Crippen LogP contribution is -2.33. The normalized spacial score (nSPS) is 12.0. The van der Waals surface area contributed by atoms with Crippen molar-refractivity contribution in [3.05, 3.63) is 58.6 Å². The van der Waals surface area contributed by atoms with E-state index in [2.05, 4.69) is 10.5 Å². The Kier molecular flexibility index (Phi) is 6.42. The fraction of sp³-hybridized carbons (Fsp3) is 0.263. The van der Waals surface area contributed by atoms with Gasteiger partial charge in [0, 0.05) is 24.8 Å². The molecule has 2 rings (SSSR count). The maximum Gasteiger partial charge on any atom is 0.280 e. The van der Waals surface area contributed by atoms with E-state index in [1.165, 1.54) is 0 Å². The Balaban J connectivity index is 1.90. The van der Waals surface area contributed by atoms with Gasteiger partial charge in [0.05, 0.1) is 6.21 Å². The number of anilines is 1. The summed E-state index contributed by atoms with van der Waals surface area (Å²) in [6.07, 6.45) is 0.922. The Morgan fingerprint density at radius 2 is 1.92 bits per heavy atom. The van der Waals surface area contributed by atoms with Crippen molar-refractivity contribution in [2.45, 2.75) is 20.0 Å².